The lowest BCUT2D eigenvalue weighted by molar-refractivity contribution is -0.386. The molecular formula is C11H16F4N6O3. The van der Waals surface area contributed by atoms with E-state index >= 15 is 0 Å². The third-order valence-corrected chi connectivity index (χ3v) is 2.33. The van der Waals surface area contributed by atoms with Crippen molar-refractivity contribution in [3.05, 3.63) is 33.9 Å². The van der Waals surface area contributed by atoms with Crippen LogP contribution in [-0.2, 0) is 14.1 Å². The molecule has 0 amide bonds. The molecule has 24 heavy (non-hydrogen) atoms. The Hall–Kier alpha value is -2.70. The second-order valence-electron chi connectivity index (χ2n) is 4.08. The Balaban J connectivity index is 0.000000405. The number of hydrogen-bond donors (Lipinski definition) is 2. The molecule has 0 fully saturated rings. The SMILES string of the molecule is CO.Cn1cc(N)c(C(F)F)n1.Cn1cc([N+](=O)[O-])c(C(F)F)n1. The summed E-state index contributed by atoms with van der Waals surface area (Å²) in [4.78, 5) is 9.28. The second-order valence-corrected chi connectivity index (χ2v) is 4.08. The summed E-state index contributed by atoms with van der Waals surface area (Å²) in [7, 11) is 3.89. The summed E-state index contributed by atoms with van der Waals surface area (Å²) in [5.74, 6) is 0. The number of aliphatic hydroxyl groups is 1. The maximum absolute atomic E-state index is 12.0. The summed E-state index contributed by atoms with van der Waals surface area (Å²) in [6.45, 7) is 0. The van der Waals surface area contributed by atoms with Gasteiger partial charge in [-0.3, -0.25) is 19.5 Å². The molecule has 0 aromatic carbocycles. The molecule has 0 aliphatic carbocycles. The Kier molecular flexibility index (Phi) is 8.38. The van der Waals surface area contributed by atoms with Crippen LogP contribution >= 0.6 is 0 Å². The highest BCUT2D eigenvalue weighted by Crippen LogP contribution is 2.26. The molecule has 2 aromatic heterocycles. The number of nitro groups is 1. The van der Waals surface area contributed by atoms with Crippen LogP contribution < -0.4 is 5.73 Å². The molecule has 136 valence electrons. The van der Waals surface area contributed by atoms with E-state index < -0.39 is 29.2 Å². The fraction of sp³-hybridized carbons (Fsp3) is 0.455. The molecule has 0 saturated heterocycles. The number of hydrogen-bond acceptors (Lipinski definition) is 6. The van der Waals surface area contributed by atoms with Gasteiger partial charge >= 0.3 is 5.69 Å². The first-order chi connectivity index (χ1) is 11.1. The Morgan fingerprint density at radius 2 is 1.50 bits per heavy atom. The van der Waals surface area contributed by atoms with Crippen LogP contribution in [0.2, 0.25) is 0 Å². The van der Waals surface area contributed by atoms with Gasteiger partial charge in [-0.25, -0.2) is 17.6 Å². The van der Waals surface area contributed by atoms with Crippen LogP contribution in [0.15, 0.2) is 12.4 Å². The molecule has 0 aliphatic heterocycles. The van der Waals surface area contributed by atoms with E-state index in [1.165, 1.54) is 17.9 Å². The minimum atomic E-state index is -2.91. The maximum Gasteiger partial charge on any atom is 0.316 e. The van der Waals surface area contributed by atoms with Gasteiger partial charge in [-0.2, -0.15) is 10.2 Å². The summed E-state index contributed by atoms with van der Waals surface area (Å²) < 4.78 is 50.1. The monoisotopic (exact) mass is 356 g/mol. The average molecular weight is 356 g/mol. The minimum Gasteiger partial charge on any atom is -0.400 e. The van der Waals surface area contributed by atoms with Gasteiger partial charge in [0, 0.05) is 27.4 Å². The number of aliphatic hydroxyl groups excluding tert-OH is 1. The molecule has 2 heterocycles. The number of nitrogens with zero attached hydrogens (tertiary/aromatic N) is 5. The van der Waals surface area contributed by atoms with Crippen molar-refractivity contribution in [3.63, 3.8) is 0 Å². The molecule has 0 bridgehead atoms. The van der Waals surface area contributed by atoms with Crippen LogP contribution in [0.5, 0.6) is 0 Å². The largest absolute Gasteiger partial charge is 0.400 e. The van der Waals surface area contributed by atoms with E-state index in [1.807, 2.05) is 0 Å². The van der Waals surface area contributed by atoms with Crippen molar-refractivity contribution in [2.24, 2.45) is 14.1 Å². The zero-order chi connectivity index (χ0) is 19.0. The number of alkyl halides is 4. The van der Waals surface area contributed by atoms with E-state index in [0.717, 1.165) is 18.0 Å². The van der Waals surface area contributed by atoms with Crippen LogP contribution in [0.4, 0.5) is 28.9 Å². The molecule has 0 unspecified atom stereocenters. The lowest BCUT2D eigenvalue weighted by atomic mass is 10.4. The quantitative estimate of drug-likeness (QED) is 0.491. The first-order valence-corrected chi connectivity index (χ1v) is 6.11. The lowest BCUT2D eigenvalue weighted by Gasteiger charge is -1.91. The highest BCUT2D eigenvalue weighted by atomic mass is 19.3. The Labute approximate surface area is 133 Å². The molecule has 0 atom stereocenters. The molecule has 0 spiro atoms. The molecule has 2 rings (SSSR count). The molecule has 3 N–H and O–H groups in total. The number of nitrogens with two attached hydrogens (primary N) is 1. The van der Waals surface area contributed by atoms with Gasteiger partial charge in [-0.1, -0.05) is 0 Å². The minimum absolute atomic E-state index is 0.0394. The smallest absolute Gasteiger partial charge is 0.316 e. The van der Waals surface area contributed by atoms with Gasteiger partial charge in [0.15, 0.2) is 5.69 Å². The first kappa shape index (κ1) is 21.3. The van der Waals surface area contributed by atoms with E-state index in [-0.39, 0.29) is 11.4 Å². The highest BCUT2D eigenvalue weighted by Gasteiger charge is 2.25. The maximum atomic E-state index is 12.0. The van der Waals surface area contributed by atoms with Crippen molar-refractivity contribution in [3.8, 4) is 0 Å². The van der Waals surface area contributed by atoms with E-state index in [1.54, 1.807) is 7.05 Å². The number of aryl methyl sites for hydroxylation is 2. The van der Waals surface area contributed by atoms with E-state index in [9.17, 15) is 27.7 Å². The fourth-order valence-corrected chi connectivity index (χ4v) is 1.48. The zero-order valence-electron chi connectivity index (χ0n) is 12.9. The Bertz CT molecular complexity index is 658. The van der Waals surface area contributed by atoms with Crippen molar-refractivity contribution >= 4 is 11.4 Å². The van der Waals surface area contributed by atoms with Crippen molar-refractivity contribution in [1.29, 1.82) is 0 Å². The van der Waals surface area contributed by atoms with Gasteiger partial charge in [-0.15, -0.1) is 0 Å². The molecule has 0 radical (unpaired) electrons. The van der Waals surface area contributed by atoms with Crippen LogP contribution in [-0.4, -0.2) is 36.7 Å². The van der Waals surface area contributed by atoms with Crippen LogP contribution in [0, 0.1) is 10.1 Å². The number of halogens is 4. The molecule has 2 aromatic rings. The normalized spacial score (nSPS) is 10.1. The molecular weight excluding hydrogens is 340 g/mol. The van der Waals surface area contributed by atoms with Crippen LogP contribution in [0.3, 0.4) is 0 Å². The second kappa shape index (κ2) is 9.44. The summed E-state index contributed by atoms with van der Waals surface area (Å²) in [5, 5.41) is 23.9. The average Bonchev–Trinajstić information content (AvgIpc) is 3.04. The van der Waals surface area contributed by atoms with Crippen LogP contribution in [0.1, 0.15) is 24.2 Å². The number of rotatable bonds is 3. The zero-order valence-corrected chi connectivity index (χ0v) is 12.9. The van der Waals surface area contributed by atoms with Gasteiger partial charge in [-0.05, 0) is 0 Å². The Morgan fingerprint density at radius 1 is 1.08 bits per heavy atom. The van der Waals surface area contributed by atoms with Crippen molar-refractivity contribution in [2.45, 2.75) is 12.9 Å². The van der Waals surface area contributed by atoms with E-state index in [0.29, 0.717) is 0 Å². The number of anilines is 1. The van der Waals surface area contributed by atoms with Crippen LogP contribution in [0.25, 0.3) is 0 Å². The first-order valence-electron chi connectivity index (χ1n) is 6.11. The van der Waals surface area contributed by atoms with Gasteiger partial charge in [0.25, 0.3) is 12.9 Å². The van der Waals surface area contributed by atoms with Gasteiger partial charge in [0.1, 0.15) is 6.20 Å². The standard InChI is InChI=1S/C5H5F2N3O2.C5H7F2N3.CH4O/c1-9-2-3(10(11)12)4(8-9)5(6)7;1-10-2-3(8)4(9-10)5(6)7;1-2/h2,5H,1H3;2,5H,8H2,1H3;2H,1H3. The van der Waals surface area contributed by atoms with E-state index in [4.69, 9.17) is 10.8 Å². The number of nitrogen functional groups attached to an aromatic ring is 1. The molecule has 0 aliphatic rings. The predicted octanol–water partition coefficient (Wildman–Crippen LogP) is 1.81. The predicted molar refractivity (Wildman–Crippen MR) is 75.5 cm³/mol. The lowest BCUT2D eigenvalue weighted by Crippen LogP contribution is -1.93. The number of aromatic nitrogens is 4. The summed E-state index contributed by atoms with van der Waals surface area (Å²) in [6.07, 6.45) is -3.20. The third-order valence-electron chi connectivity index (χ3n) is 2.33. The van der Waals surface area contributed by atoms with Gasteiger partial charge < -0.3 is 10.8 Å². The summed E-state index contributed by atoms with van der Waals surface area (Å²) in [5.41, 5.74) is 3.44. The topological polar surface area (TPSA) is 125 Å². The molecule has 0 saturated carbocycles. The van der Waals surface area contributed by atoms with Gasteiger partial charge in [0.2, 0.25) is 5.69 Å². The van der Waals surface area contributed by atoms with E-state index in [2.05, 4.69) is 10.2 Å². The fourth-order valence-electron chi connectivity index (χ4n) is 1.48. The van der Waals surface area contributed by atoms with Crippen molar-refractivity contribution < 1.29 is 27.6 Å². The highest BCUT2D eigenvalue weighted by molar-refractivity contribution is 5.41. The summed E-state index contributed by atoms with van der Waals surface area (Å²) >= 11 is 0. The Morgan fingerprint density at radius 3 is 1.75 bits per heavy atom. The summed E-state index contributed by atoms with van der Waals surface area (Å²) in [6, 6.07) is 0. The van der Waals surface area contributed by atoms with Crippen molar-refractivity contribution in [1.82, 2.24) is 19.6 Å². The third kappa shape index (κ3) is 5.83. The molecule has 13 heteroatoms. The van der Waals surface area contributed by atoms with Crippen molar-refractivity contribution in [2.75, 3.05) is 12.8 Å². The molecule has 9 nitrogen and oxygen atoms in total. The van der Waals surface area contributed by atoms with Gasteiger partial charge in [0.05, 0.1) is 10.6 Å².